The molecule has 1 atom stereocenters. The van der Waals surface area contributed by atoms with Crippen LogP contribution in [0.4, 0.5) is 4.39 Å². The van der Waals surface area contributed by atoms with Crippen LogP contribution >= 0.6 is 0 Å². The summed E-state index contributed by atoms with van der Waals surface area (Å²) in [4.78, 5) is 30.4. The van der Waals surface area contributed by atoms with Crippen molar-refractivity contribution in [3.8, 4) is 0 Å². The molecule has 1 aromatic carbocycles. The van der Waals surface area contributed by atoms with Gasteiger partial charge in [-0.1, -0.05) is 18.2 Å². The molecular weight excluding hydrogens is 349 g/mol. The van der Waals surface area contributed by atoms with E-state index < -0.39 is 0 Å². The summed E-state index contributed by atoms with van der Waals surface area (Å²) in [5, 5.41) is 2.76. The summed E-state index contributed by atoms with van der Waals surface area (Å²) in [5.74, 6) is 0.259. The van der Waals surface area contributed by atoms with Gasteiger partial charge in [0.25, 0.3) is 5.91 Å². The Balaban J connectivity index is 1.45. The number of amides is 2. The van der Waals surface area contributed by atoms with Crippen LogP contribution < -0.4 is 5.32 Å². The van der Waals surface area contributed by atoms with Crippen molar-refractivity contribution < 1.29 is 18.4 Å². The maximum atomic E-state index is 13.6. The largest absolute Gasteiger partial charge is 0.448 e. The minimum atomic E-state index is -0.317. The van der Waals surface area contributed by atoms with Crippen molar-refractivity contribution in [3.63, 3.8) is 0 Å². The highest BCUT2D eigenvalue weighted by molar-refractivity contribution is 5.93. The van der Waals surface area contributed by atoms with Crippen molar-refractivity contribution in [1.29, 1.82) is 0 Å². The molecule has 2 aromatic rings. The summed E-state index contributed by atoms with van der Waals surface area (Å²) >= 11 is 0. The van der Waals surface area contributed by atoms with E-state index in [9.17, 15) is 14.0 Å². The fourth-order valence-electron chi connectivity index (χ4n) is 3.40. The van der Waals surface area contributed by atoms with Crippen LogP contribution in [-0.2, 0) is 11.3 Å². The number of aryl methyl sites for hydroxylation is 1. The van der Waals surface area contributed by atoms with E-state index in [1.807, 2.05) is 0 Å². The first-order chi connectivity index (χ1) is 13.0. The van der Waals surface area contributed by atoms with Crippen molar-refractivity contribution in [2.45, 2.75) is 39.2 Å². The van der Waals surface area contributed by atoms with Gasteiger partial charge in [0, 0.05) is 31.6 Å². The lowest BCUT2D eigenvalue weighted by atomic mass is 9.93. The average Bonchev–Trinajstić information content (AvgIpc) is 3.11. The van der Waals surface area contributed by atoms with Crippen molar-refractivity contribution in [1.82, 2.24) is 15.2 Å². The monoisotopic (exact) mass is 373 g/mol. The number of nitrogens with one attached hydrogen (secondary N) is 1. The van der Waals surface area contributed by atoms with E-state index in [0.717, 1.165) is 12.8 Å². The van der Waals surface area contributed by atoms with Gasteiger partial charge >= 0.3 is 0 Å². The Hall–Kier alpha value is -2.70. The molecule has 1 aliphatic rings. The number of nitrogens with zero attached hydrogens (tertiary/aromatic N) is 2. The number of hydrogen-bond donors (Lipinski definition) is 1. The molecule has 0 saturated carbocycles. The zero-order valence-electron chi connectivity index (χ0n) is 15.4. The minimum Gasteiger partial charge on any atom is -0.448 e. The summed E-state index contributed by atoms with van der Waals surface area (Å²) in [7, 11) is 0. The molecule has 2 amide bonds. The van der Waals surface area contributed by atoms with E-state index in [0.29, 0.717) is 42.9 Å². The van der Waals surface area contributed by atoms with Crippen molar-refractivity contribution >= 4 is 11.8 Å². The Kier molecular flexibility index (Phi) is 6.21. The van der Waals surface area contributed by atoms with Crippen LogP contribution in [0.2, 0.25) is 0 Å². The number of benzene rings is 1. The Morgan fingerprint density at radius 2 is 2.19 bits per heavy atom. The molecule has 6 nitrogen and oxygen atoms in total. The zero-order valence-corrected chi connectivity index (χ0v) is 15.4. The van der Waals surface area contributed by atoms with E-state index >= 15 is 0 Å². The fourth-order valence-corrected chi connectivity index (χ4v) is 3.40. The molecule has 1 fully saturated rings. The Morgan fingerprint density at radius 3 is 2.93 bits per heavy atom. The SMILES string of the molecule is Cc1ocnc1C(=O)N1CCC[C@H](CCC(=O)NCc2ccccc2F)C1. The first-order valence-electron chi connectivity index (χ1n) is 9.24. The summed E-state index contributed by atoms with van der Waals surface area (Å²) in [6.45, 7) is 3.22. The lowest BCUT2D eigenvalue weighted by molar-refractivity contribution is -0.121. The first kappa shape index (κ1) is 19.1. The number of aromatic nitrogens is 1. The summed E-state index contributed by atoms with van der Waals surface area (Å²) in [6.07, 6.45) is 4.24. The molecular formula is C20H24FN3O3. The highest BCUT2D eigenvalue weighted by Crippen LogP contribution is 2.23. The third-order valence-corrected chi connectivity index (χ3v) is 4.97. The molecule has 1 aromatic heterocycles. The van der Waals surface area contributed by atoms with Crippen LogP contribution in [0.25, 0.3) is 0 Å². The first-order valence-corrected chi connectivity index (χ1v) is 9.24. The van der Waals surface area contributed by atoms with Gasteiger partial charge < -0.3 is 14.6 Å². The number of piperidine rings is 1. The van der Waals surface area contributed by atoms with Crippen LogP contribution in [0.5, 0.6) is 0 Å². The molecule has 144 valence electrons. The van der Waals surface area contributed by atoms with E-state index in [4.69, 9.17) is 4.42 Å². The van der Waals surface area contributed by atoms with E-state index in [1.165, 1.54) is 12.5 Å². The van der Waals surface area contributed by atoms with Gasteiger partial charge in [-0.15, -0.1) is 0 Å². The fraction of sp³-hybridized carbons (Fsp3) is 0.450. The molecule has 1 N–H and O–H groups in total. The predicted octanol–water partition coefficient (Wildman–Crippen LogP) is 3.07. The third-order valence-electron chi connectivity index (χ3n) is 4.97. The van der Waals surface area contributed by atoms with Gasteiger partial charge in [-0.3, -0.25) is 9.59 Å². The molecule has 0 spiro atoms. The van der Waals surface area contributed by atoms with Crippen LogP contribution in [0.1, 0.15) is 47.5 Å². The Labute approximate surface area is 157 Å². The third kappa shape index (κ3) is 4.93. The summed E-state index contributed by atoms with van der Waals surface area (Å²) < 4.78 is 18.7. The standard InChI is InChI=1S/C20H24FN3O3/c1-14-19(23-13-27-14)20(26)24-10-4-5-15(12-24)8-9-18(25)22-11-16-6-2-3-7-17(16)21/h2-3,6-7,13,15H,4-5,8-12H2,1H3,(H,22,25)/t15-/m1/s1. The van der Waals surface area contributed by atoms with E-state index in [-0.39, 0.29) is 30.1 Å². The molecule has 3 rings (SSSR count). The van der Waals surface area contributed by atoms with Crippen LogP contribution in [-0.4, -0.2) is 34.8 Å². The number of oxazole rings is 1. The lowest BCUT2D eigenvalue weighted by Crippen LogP contribution is -2.40. The molecule has 1 aliphatic heterocycles. The molecule has 0 radical (unpaired) electrons. The molecule has 1 saturated heterocycles. The maximum absolute atomic E-state index is 13.6. The van der Waals surface area contributed by atoms with Crippen molar-refractivity contribution in [3.05, 3.63) is 53.5 Å². The molecule has 7 heteroatoms. The van der Waals surface area contributed by atoms with Gasteiger partial charge in [-0.2, -0.15) is 0 Å². The lowest BCUT2D eigenvalue weighted by Gasteiger charge is -2.32. The maximum Gasteiger partial charge on any atom is 0.276 e. The van der Waals surface area contributed by atoms with Crippen molar-refractivity contribution in [2.24, 2.45) is 5.92 Å². The molecule has 0 aliphatic carbocycles. The average molecular weight is 373 g/mol. The highest BCUT2D eigenvalue weighted by Gasteiger charge is 2.27. The molecule has 0 unspecified atom stereocenters. The van der Waals surface area contributed by atoms with Crippen LogP contribution in [0.3, 0.4) is 0 Å². The quantitative estimate of drug-likeness (QED) is 0.844. The van der Waals surface area contributed by atoms with Gasteiger partial charge in [0.1, 0.15) is 11.6 Å². The topological polar surface area (TPSA) is 75.4 Å². The second kappa shape index (κ2) is 8.79. The predicted molar refractivity (Wildman–Crippen MR) is 97.3 cm³/mol. The number of carbonyl (C=O) groups excluding carboxylic acids is 2. The van der Waals surface area contributed by atoms with Gasteiger partial charge in [0.2, 0.25) is 5.91 Å². The molecule has 27 heavy (non-hydrogen) atoms. The number of rotatable bonds is 6. The van der Waals surface area contributed by atoms with Gasteiger partial charge in [-0.05, 0) is 38.2 Å². The summed E-state index contributed by atoms with van der Waals surface area (Å²) in [6, 6.07) is 6.41. The molecule has 2 heterocycles. The number of carbonyl (C=O) groups is 2. The van der Waals surface area contributed by atoms with Gasteiger partial charge in [0.05, 0.1) is 0 Å². The van der Waals surface area contributed by atoms with Crippen LogP contribution in [0.15, 0.2) is 35.1 Å². The van der Waals surface area contributed by atoms with Crippen LogP contribution in [0, 0.1) is 18.7 Å². The highest BCUT2D eigenvalue weighted by atomic mass is 19.1. The van der Waals surface area contributed by atoms with E-state index in [2.05, 4.69) is 10.3 Å². The Bertz CT molecular complexity index is 805. The normalized spacial score (nSPS) is 17.0. The second-order valence-corrected chi connectivity index (χ2v) is 6.92. The Morgan fingerprint density at radius 1 is 1.37 bits per heavy atom. The number of likely N-dealkylation sites (tertiary alicyclic amines) is 1. The second-order valence-electron chi connectivity index (χ2n) is 6.92. The summed E-state index contributed by atoms with van der Waals surface area (Å²) in [5.41, 5.74) is 0.835. The van der Waals surface area contributed by atoms with Crippen molar-refractivity contribution in [2.75, 3.05) is 13.1 Å². The van der Waals surface area contributed by atoms with Gasteiger partial charge in [0.15, 0.2) is 12.1 Å². The molecule has 0 bridgehead atoms. The number of hydrogen-bond acceptors (Lipinski definition) is 4. The smallest absolute Gasteiger partial charge is 0.276 e. The number of halogens is 1. The van der Waals surface area contributed by atoms with E-state index in [1.54, 1.807) is 30.0 Å². The minimum absolute atomic E-state index is 0.103. The van der Waals surface area contributed by atoms with Gasteiger partial charge in [-0.25, -0.2) is 9.37 Å². The zero-order chi connectivity index (χ0) is 19.2.